The number of nitrogens with one attached hydrogen (secondary N) is 1. The average Bonchev–Trinajstić information content (AvgIpc) is 2.92. The number of rotatable bonds is 6. The minimum absolute atomic E-state index is 0.0452. The molecule has 0 aliphatic carbocycles. The van der Waals surface area contributed by atoms with E-state index < -0.39 is 0 Å². The fourth-order valence-electron chi connectivity index (χ4n) is 2.01. The van der Waals surface area contributed by atoms with E-state index >= 15 is 0 Å². The van der Waals surface area contributed by atoms with Gasteiger partial charge in [-0.3, -0.25) is 4.79 Å². The maximum absolute atomic E-state index is 11.9. The standard InChI is InChI=1S/C16H19NO2S/c1-12(4-7-14-3-2-10-19-14)17-16(18)11-13-5-8-15(20)9-6-13/h2-3,5-6,8-10,12,20H,4,7,11H2,1H3,(H,17,18). The summed E-state index contributed by atoms with van der Waals surface area (Å²) in [5, 5.41) is 3.01. The first kappa shape index (κ1) is 14.7. The Bertz CT molecular complexity index is 534. The summed E-state index contributed by atoms with van der Waals surface area (Å²) in [6.45, 7) is 2.01. The molecule has 3 nitrogen and oxygen atoms in total. The number of aryl methyl sites for hydroxylation is 1. The number of amides is 1. The molecule has 0 fully saturated rings. The Kier molecular flexibility index (Phi) is 5.30. The molecule has 0 radical (unpaired) electrons. The van der Waals surface area contributed by atoms with Gasteiger partial charge in [-0.25, -0.2) is 0 Å². The fourth-order valence-corrected chi connectivity index (χ4v) is 2.16. The van der Waals surface area contributed by atoms with E-state index in [9.17, 15) is 4.79 Å². The maximum atomic E-state index is 11.9. The summed E-state index contributed by atoms with van der Waals surface area (Å²) < 4.78 is 5.28. The van der Waals surface area contributed by atoms with Crippen molar-refractivity contribution in [2.45, 2.75) is 37.1 Å². The summed E-state index contributed by atoms with van der Waals surface area (Å²) in [5.74, 6) is 0.999. The summed E-state index contributed by atoms with van der Waals surface area (Å²) in [7, 11) is 0. The Morgan fingerprint density at radius 1 is 1.30 bits per heavy atom. The molecule has 4 heteroatoms. The van der Waals surface area contributed by atoms with Gasteiger partial charge in [0.25, 0.3) is 0 Å². The first-order valence-electron chi connectivity index (χ1n) is 6.73. The van der Waals surface area contributed by atoms with Crippen LogP contribution >= 0.6 is 12.6 Å². The quantitative estimate of drug-likeness (QED) is 0.802. The Labute approximate surface area is 124 Å². The van der Waals surface area contributed by atoms with Crippen LogP contribution in [-0.4, -0.2) is 11.9 Å². The van der Waals surface area contributed by atoms with Gasteiger partial charge in [-0.15, -0.1) is 12.6 Å². The summed E-state index contributed by atoms with van der Waals surface area (Å²) >= 11 is 4.23. The molecule has 1 N–H and O–H groups in total. The zero-order valence-electron chi connectivity index (χ0n) is 11.5. The first-order valence-corrected chi connectivity index (χ1v) is 7.18. The molecule has 1 amide bonds. The van der Waals surface area contributed by atoms with Crippen LogP contribution in [-0.2, 0) is 17.6 Å². The predicted octanol–water partition coefficient (Wildman–Crippen LogP) is 3.25. The molecule has 1 unspecified atom stereocenters. The molecule has 0 spiro atoms. The number of furan rings is 1. The van der Waals surface area contributed by atoms with Crippen LogP contribution in [0.3, 0.4) is 0 Å². The minimum Gasteiger partial charge on any atom is -0.469 e. The lowest BCUT2D eigenvalue weighted by molar-refractivity contribution is -0.121. The van der Waals surface area contributed by atoms with E-state index in [4.69, 9.17) is 4.42 Å². The van der Waals surface area contributed by atoms with Gasteiger partial charge in [-0.2, -0.15) is 0 Å². The van der Waals surface area contributed by atoms with Crippen molar-refractivity contribution in [2.24, 2.45) is 0 Å². The van der Waals surface area contributed by atoms with Crippen molar-refractivity contribution in [2.75, 3.05) is 0 Å². The second kappa shape index (κ2) is 7.20. The third-order valence-electron chi connectivity index (χ3n) is 3.11. The van der Waals surface area contributed by atoms with Crippen molar-refractivity contribution in [1.29, 1.82) is 0 Å². The summed E-state index contributed by atoms with van der Waals surface area (Å²) in [5.41, 5.74) is 0.999. The molecule has 20 heavy (non-hydrogen) atoms. The molecular weight excluding hydrogens is 270 g/mol. The smallest absolute Gasteiger partial charge is 0.224 e. The Hall–Kier alpha value is -1.68. The molecule has 1 aromatic carbocycles. The molecule has 106 valence electrons. The molecule has 0 aliphatic heterocycles. The van der Waals surface area contributed by atoms with Gasteiger partial charge < -0.3 is 9.73 Å². The molecule has 0 saturated heterocycles. The highest BCUT2D eigenvalue weighted by molar-refractivity contribution is 7.80. The third kappa shape index (κ3) is 4.78. The highest BCUT2D eigenvalue weighted by atomic mass is 32.1. The molecule has 1 aromatic heterocycles. The van der Waals surface area contributed by atoms with Crippen LogP contribution in [0.2, 0.25) is 0 Å². The number of carbonyl (C=O) groups excluding carboxylic acids is 1. The summed E-state index contributed by atoms with van der Waals surface area (Å²) in [4.78, 5) is 12.8. The van der Waals surface area contributed by atoms with E-state index in [0.29, 0.717) is 6.42 Å². The second-order valence-electron chi connectivity index (χ2n) is 4.93. The molecule has 2 aromatic rings. The van der Waals surface area contributed by atoms with Crippen LogP contribution in [0.1, 0.15) is 24.7 Å². The average molecular weight is 289 g/mol. The van der Waals surface area contributed by atoms with Crippen LogP contribution in [0, 0.1) is 0 Å². The number of carbonyl (C=O) groups is 1. The highest BCUT2D eigenvalue weighted by Crippen LogP contribution is 2.09. The van der Waals surface area contributed by atoms with E-state index in [1.54, 1.807) is 6.26 Å². The van der Waals surface area contributed by atoms with Gasteiger partial charge in [-0.05, 0) is 43.2 Å². The zero-order valence-corrected chi connectivity index (χ0v) is 12.4. The minimum atomic E-state index is 0.0452. The number of hydrogen-bond donors (Lipinski definition) is 2. The normalized spacial score (nSPS) is 12.1. The van der Waals surface area contributed by atoms with Crippen molar-refractivity contribution >= 4 is 18.5 Å². The van der Waals surface area contributed by atoms with Crippen molar-refractivity contribution in [3.05, 3.63) is 54.0 Å². The van der Waals surface area contributed by atoms with Crippen molar-refractivity contribution in [1.82, 2.24) is 5.32 Å². The van der Waals surface area contributed by atoms with Gasteiger partial charge in [0.15, 0.2) is 0 Å². The maximum Gasteiger partial charge on any atom is 0.224 e. The predicted molar refractivity (Wildman–Crippen MR) is 82.0 cm³/mol. The van der Waals surface area contributed by atoms with Crippen molar-refractivity contribution in [3.63, 3.8) is 0 Å². The van der Waals surface area contributed by atoms with Crippen LogP contribution in [0.5, 0.6) is 0 Å². The van der Waals surface area contributed by atoms with Gasteiger partial charge in [-0.1, -0.05) is 12.1 Å². The topological polar surface area (TPSA) is 42.2 Å². The number of benzene rings is 1. The van der Waals surface area contributed by atoms with Gasteiger partial charge in [0.2, 0.25) is 5.91 Å². The lowest BCUT2D eigenvalue weighted by atomic mass is 10.1. The van der Waals surface area contributed by atoms with Crippen LogP contribution in [0.4, 0.5) is 0 Å². The van der Waals surface area contributed by atoms with Gasteiger partial charge in [0, 0.05) is 17.4 Å². The molecule has 1 heterocycles. The molecule has 1 atom stereocenters. The highest BCUT2D eigenvalue weighted by Gasteiger charge is 2.09. The lowest BCUT2D eigenvalue weighted by Gasteiger charge is -2.13. The lowest BCUT2D eigenvalue weighted by Crippen LogP contribution is -2.34. The number of hydrogen-bond acceptors (Lipinski definition) is 3. The van der Waals surface area contributed by atoms with E-state index in [-0.39, 0.29) is 11.9 Å². The Morgan fingerprint density at radius 3 is 2.70 bits per heavy atom. The van der Waals surface area contributed by atoms with E-state index in [1.165, 1.54) is 0 Å². The summed E-state index contributed by atoms with van der Waals surface area (Å²) in [6.07, 6.45) is 3.78. The molecular formula is C16H19NO2S. The Balaban J connectivity index is 1.74. The molecule has 0 saturated carbocycles. The van der Waals surface area contributed by atoms with Gasteiger partial charge >= 0.3 is 0 Å². The zero-order chi connectivity index (χ0) is 14.4. The Morgan fingerprint density at radius 2 is 2.05 bits per heavy atom. The van der Waals surface area contributed by atoms with E-state index in [1.807, 2.05) is 43.3 Å². The molecule has 2 rings (SSSR count). The van der Waals surface area contributed by atoms with Gasteiger partial charge in [0.05, 0.1) is 12.7 Å². The van der Waals surface area contributed by atoms with Crippen LogP contribution in [0.15, 0.2) is 52.0 Å². The van der Waals surface area contributed by atoms with Crippen molar-refractivity contribution < 1.29 is 9.21 Å². The van der Waals surface area contributed by atoms with Gasteiger partial charge in [0.1, 0.15) is 5.76 Å². The molecule has 0 aliphatic rings. The first-order chi connectivity index (χ1) is 9.63. The third-order valence-corrected chi connectivity index (χ3v) is 3.41. The largest absolute Gasteiger partial charge is 0.469 e. The summed E-state index contributed by atoms with van der Waals surface area (Å²) in [6, 6.07) is 11.6. The second-order valence-corrected chi connectivity index (χ2v) is 5.45. The fraction of sp³-hybridized carbons (Fsp3) is 0.312. The SMILES string of the molecule is CC(CCc1ccco1)NC(=O)Cc1ccc(S)cc1. The van der Waals surface area contributed by atoms with Crippen LogP contribution < -0.4 is 5.32 Å². The monoisotopic (exact) mass is 289 g/mol. The van der Waals surface area contributed by atoms with E-state index in [0.717, 1.165) is 29.1 Å². The van der Waals surface area contributed by atoms with Crippen LogP contribution in [0.25, 0.3) is 0 Å². The van der Waals surface area contributed by atoms with E-state index in [2.05, 4.69) is 17.9 Å². The van der Waals surface area contributed by atoms with Crippen molar-refractivity contribution in [3.8, 4) is 0 Å². The number of thiol groups is 1. The molecule has 0 bridgehead atoms.